The molecule has 9 heteroatoms. The molecule has 0 spiro atoms. The number of benzene rings is 2. The van der Waals surface area contributed by atoms with E-state index >= 15 is 0 Å². The van der Waals surface area contributed by atoms with Crippen molar-refractivity contribution in [2.75, 3.05) is 11.9 Å². The molecule has 2 atom stereocenters. The second-order valence-corrected chi connectivity index (χ2v) is 8.60. The Balaban J connectivity index is 1.48. The molecule has 1 aliphatic heterocycles. The first-order chi connectivity index (χ1) is 15.0. The van der Waals surface area contributed by atoms with Crippen LogP contribution >= 0.6 is 23.4 Å². The van der Waals surface area contributed by atoms with Crippen molar-refractivity contribution in [3.8, 4) is 11.5 Å². The van der Waals surface area contributed by atoms with Crippen LogP contribution in [-0.2, 0) is 11.3 Å². The summed E-state index contributed by atoms with van der Waals surface area (Å²) in [5.41, 5.74) is 0.682. The molecule has 4 rings (SSSR count). The zero-order valence-electron chi connectivity index (χ0n) is 16.8. The number of thioether (sulfide) groups is 1. The van der Waals surface area contributed by atoms with Crippen molar-refractivity contribution in [1.29, 1.82) is 0 Å². The Labute approximate surface area is 189 Å². The molecule has 1 amide bonds. The van der Waals surface area contributed by atoms with Crippen LogP contribution in [0.4, 0.5) is 5.69 Å². The van der Waals surface area contributed by atoms with E-state index in [2.05, 4.69) is 22.1 Å². The lowest BCUT2D eigenvalue weighted by Crippen LogP contribution is -2.25. The number of nitrogens with zero attached hydrogens (tertiary/aromatic N) is 3. The number of hydrogen-bond acceptors (Lipinski definition) is 6. The molecule has 1 aliphatic rings. The molecule has 31 heavy (non-hydrogen) atoms. The van der Waals surface area contributed by atoms with Crippen LogP contribution in [0.15, 0.2) is 66.3 Å². The quantitative estimate of drug-likeness (QED) is 0.408. The normalized spacial score (nSPS) is 15.9. The average Bonchev–Trinajstić information content (AvgIpc) is 3.17. The molecule has 0 saturated carbocycles. The van der Waals surface area contributed by atoms with Crippen molar-refractivity contribution in [2.45, 2.75) is 30.0 Å². The van der Waals surface area contributed by atoms with Crippen molar-refractivity contribution >= 4 is 35.0 Å². The van der Waals surface area contributed by atoms with Gasteiger partial charge in [-0.05, 0) is 43.3 Å². The highest BCUT2D eigenvalue weighted by Gasteiger charge is 2.29. The van der Waals surface area contributed by atoms with Crippen LogP contribution in [0, 0.1) is 0 Å². The zero-order valence-corrected chi connectivity index (χ0v) is 18.4. The highest BCUT2D eigenvalue weighted by atomic mass is 35.5. The number of ether oxygens (including phenoxy) is 2. The van der Waals surface area contributed by atoms with Crippen LogP contribution in [0.5, 0.6) is 11.5 Å². The molecule has 1 aromatic heterocycles. The van der Waals surface area contributed by atoms with Crippen LogP contribution < -0.4 is 14.8 Å². The number of aromatic nitrogens is 3. The van der Waals surface area contributed by atoms with Crippen molar-refractivity contribution in [3.05, 3.63) is 72.0 Å². The van der Waals surface area contributed by atoms with Gasteiger partial charge in [0.15, 0.2) is 28.6 Å². The number of allylic oxidation sites excluding steroid dienone is 1. The molecular weight excluding hydrogens is 436 g/mol. The summed E-state index contributed by atoms with van der Waals surface area (Å²) < 4.78 is 13.8. The van der Waals surface area contributed by atoms with Crippen LogP contribution in [-0.4, -0.2) is 32.5 Å². The fourth-order valence-electron chi connectivity index (χ4n) is 3.06. The van der Waals surface area contributed by atoms with E-state index in [4.69, 9.17) is 21.1 Å². The second-order valence-electron chi connectivity index (χ2n) is 6.86. The van der Waals surface area contributed by atoms with Gasteiger partial charge in [-0.3, -0.25) is 9.36 Å². The molecule has 2 heterocycles. The van der Waals surface area contributed by atoms with Gasteiger partial charge in [-0.25, -0.2) is 0 Å². The fourth-order valence-corrected chi connectivity index (χ4v) is 4.05. The Hall–Kier alpha value is -2.97. The number of para-hydroxylation sites is 2. The number of hydrogen-bond donors (Lipinski definition) is 1. The maximum atomic E-state index is 12.6. The molecule has 0 saturated heterocycles. The van der Waals surface area contributed by atoms with Gasteiger partial charge in [0, 0.05) is 17.3 Å². The van der Waals surface area contributed by atoms with Gasteiger partial charge in [0.05, 0.1) is 5.25 Å². The predicted octanol–water partition coefficient (Wildman–Crippen LogP) is 4.75. The number of fused-ring (bicyclic) bond motifs is 1. The van der Waals surface area contributed by atoms with Gasteiger partial charge in [-0.15, -0.1) is 16.8 Å². The number of halogens is 1. The fraction of sp³-hybridized carbons (Fsp3) is 0.227. The van der Waals surface area contributed by atoms with Gasteiger partial charge in [0.25, 0.3) is 0 Å². The minimum atomic E-state index is -0.408. The highest BCUT2D eigenvalue weighted by Crippen LogP contribution is 2.36. The van der Waals surface area contributed by atoms with Gasteiger partial charge in [-0.1, -0.05) is 41.6 Å². The Morgan fingerprint density at radius 1 is 1.29 bits per heavy atom. The van der Waals surface area contributed by atoms with E-state index in [0.717, 1.165) is 0 Å². The van der Waals surface area contributed by atoms with E-state index in [1.807, 2.05) is 35.8 Å². The van der Waals surface area contributed by atoms with Gasteiger partial charge in [0.2, 0.25) is 5.91 Å². The summed E-state index contributed by atoms with van der Waals surface area (Å²) in [5, 5.41) is 12.3. The van der Waals surface area contributed by atoms with Crippen LogP contribution in [0.2, 0.25) is 5.02 Å². The Kier molecular flexibility index (Phi) is 6.48. The maximum Gasteiger partial charge on any atom is 0.237 e. The lowest BCUT2D eigenvalue weighted by atomic mass is 10.2. The summed E-state index contributed by atoms with van der Waals surface area (Å²) in [5.74, 6) is 1.85. The van der Waals surface area contributed by atoms with E-state index in [1.165, 1.54) is 11.8 Å². The molecule has 1 N–H and O–H groups in total. The number of amides is 1. The lowest BCUT2D eigenvalue weighted by molar-refractivity contribution is -0.115. The summed E-state index contributed by atoms with van der Waals surface area (Å²) >= 11 is 7.22. The smallest absolute Gasteiger partial charge is 0.237 e. The Bertz CT molecular complexity index is 1090. The van der Waals surface area contributed by atoms with Gasteiger partial charge in [-0.2, -0.15) is 0 Å². The number of rotatable bonds is 7. The van der Waals surface area contributed by atoms with Crippen LogP contribution in [0.3, 0.4) is 0 Å². The zero-order chi connectivity index (χ0) is 21.8. The first kappa shape index (κ1) is 21.3. The molecule has 0 bridgehead atoms. The third-order valence-corrected chi connectivity index (χ3v) is 5.95. The SMILES string of the molecule is C=CCn1c(SC(C)C(=O)Nc2ccc(Cl)cc2)nnc1C1COc2ccccc2O1. The monoisotopic (exact) mass is 456 g/mol. The minimum absolute atomic E-state index is 0.145. The number of nitrogens with one attached hydrogen (secondary N) is 1. The minimum Gasteiger partial charge on any atom is -0.485 e. The summed E-state index contributed by atoms with van der Waals surface area (Å²) in [6, 6.07) is 14.5. The Morgan fingerprint density at radius 3 is 2.77 bits per heavy atom. The topological polar surface area (TPSA) is 78.3 Å². The molecule has 0 aliphatic carbocycles. The molecule has 7 nitrogen and oxygen atoms in total. The van der Waals surface area contributed by atoms with Crippen molar-refractivity contribution in [2.24, 2.45) is 0 Å². The highest BCUT2D eigenvalue weighted by molar-refractivity contribution is 8.00. The van der Waals surface area contributed by atoms with Crippen LogP contribution in [0.25, 0.3) is 0 Å². The number of carbonyl (C=O) groups excluding carboxylic acids is 1. The van der Waals surface area contributed by atoms with Gasteiger partial charge < -0.3 is 14.8 Å². The third-order valence-electron chi connectivity index (χ3n) is 4.62. The summed E-state index contributed by atoms with van der Waals surface area (Å²) in [7, 11) is 0. The van der Waals surface area contributed by atoms with E-state index in [9.17, 15) is 4.79 Å². The predicted molar refractivity (Wildman–Crippen MR) is 121 cm³/mol. The molecule has 160 valence electrons. The lowest BCUT2D eigenvalue weighted by Gasteiger charge is -2.26. The van der Waals surface area contributed by atoms with E-state index in [0.29, 0.717) is 46.3 Å². The number of carbonyl (C=O) groups is 1. The van der Waals surface area contributed by atoms with E-state index in [-0.39, 0.29) is 5.91 Å². The molecule has 2 aromatic carbocycles. The summed E-state index contributed by atoms with van der Waals surface area (Å²) in [6.07, 6.45) is 1.35. The molecule has 0 fully saturated rings. The Morgan fingerprint density at radius 2 is 2.03 bits per heavy atom. The van der Waals surface area contributed by atoms with Gasteiger partial charge >= 0.3 is 0 Å². The standard InChI is InChI=1S/C22H21ClN4O3S/c1-3-12-27-20(19-13-29-17-6-4-5-7-18(17)30-19)25-26-22(27)31-14(2)21(28)24-16-10-8-15(23)9-11-16/h3-11,14,19H,1,12-13H2,2H3,(H,24,28). The first-order valence-corrected chi connectivity index (χ1v) is 11.0. The summed E-state index contributed by atoms with van der Waals surface area (Å²) in [6.45, 7) is 6.45. The van der Waals surface area contributed by atoms with Crippen molar-refractivity contribution in [3.63, 3.8) is 0 Å². The van der Waals surface area contributed by atoms with Crippen molar-refractivity contribution < 1.29 is 14.3 Å². The van der Waals surface area contributed by atoms with Gasteiger partial charge in [0.1, 0.15) is 6.61 Å². The van der Waals surface area contributed by atoms with Crippen LogP contribution in [0.1, 0.15) is 18.9 Å². The van der Waals surface area contributed by atoms with E-state index in [1.54, 1.807) is 30.3 Å². The van der Waals surface area contributed by atoms with E-state index < -0.39 is 11.4 Å². The maximum absolute atomic E-state index is 12.6. The average molecular weight is 457 g/mol. The third kappa shape index (κ3) is 4.86. The summed E-state index contributed by atoms with van der Waals surface area (Å²) in [4.78, 5) is 12.6. The molecular formula is C22H21ClN4O3S. The molecule has 2 unspecified atom stereocenters. The molecule has 0 radical (unpaired) electrons. The number of anilines is 1. The molecule has 3 aromatic rings. The first-order valence-electron chi connectivity index (χ1n) is 9.70. The largest absolute Gasteiger partial charge is 0.485 e. The van der Waals surface area contributed by atoms with Crippen molar-refractivity contribution in [1.82, 2.24) is 14.8 Å². The second kappa shape index (κ2) is 9.45.